The van der Waals surface area contributed by atoms with E-state index < -0.39 is 0 Å². The van der Waals surface area contributed by atoms with E-state index in [4.69, 9.17) is 4.74 Å². The first-order valence-electron chi connectivity index (χ1n) is 4.77. The van der Waals surface area contributed by atoms with Crippen LogP contribution in [0.4, 0.5) is 5.69 Å². The van der Waals surface area contributed by atoms with E-state index in [0.29, 0.717) is 19.6 Å². The van der Waals surface area contributed by atoms with E-state index in [-0.39, 0.29) is 5.97 Å². The number of para-hydroxylation sites is 1. The summed E-state index contributed by atoms with van der Waals surface area (Å²) in [7, 11) is 0. The third kappa shape index (κ3) is 3.94. The largest absolute Gasteiger partial charge is 0.464 e. The minimum Gasteiger partial charge on any atom is -0.464 e. The number of anilines is 1. The van der Waals surface area contributed by atoms with Crippen LogP contribution < -0.4 is 5.32 Å². The number of benzene rings is 1. The summed E-state index contributed by atoms with van der Waals surface area (Å²) in [6.07, 6.45) is 0.436. The molecule has 3 heteroatoms. The quantitative estimate of drug-likeness (QED) is 0.574. The fourth-order valence-corrected chi connectivity index (χ4v) is 1.02. The van der Waals surface area contributed by atoms with Gasteiger partial charge in [-0.3, -0.25) is 4.79 Å². The van der Waals surface area contributed by atoms with Crippen molar-refractivity contribution in [1.82, 2.24) is 0 Å². The van der Waals surface area contributed by atoms with Gasteiger partial charge < -0.3 is 10.1 Å². The summed E-state index contributed by atoms with van der Waals surface area (Å²) in [5, 5.41) is 3.15. The first-order chi connectivity index (χ1) is 6.83. The predicted molar refractivity (Wildman–Crippen MR) is 56.2 cm³/mol. The molecule has 14 heavy (non-hydrogen) atoms. The summed E-state index contributed by atoms with van der Waals surface area (Å²) >= 11 is 0. The molecule has 1 N–H and O–H groups in total. The van der Waals surface area contributed by atoms with Gasteiger partial charge in [0, 0.05) is 18.7 Å². The zero-order valence-electron chi connectivity index (χ0n) is 8.32. The molecular weight excluding hydrogens is 178 g/mol. The summed E-state index contributed by atoms with van der Waals surface area (Å²) in [4.78, 5) is 10.8. The fourth-order valence-electron chi connectivity index (χ4n) is 1.02. The maximum atomic E-state index is 10.8. The van der Waals surface area contributed by atoms with Crippen LogP contribution in [-0.2, 0) is 9.53 Å². The molecule has 0 aliphatic carbocycles. The molecule has 76 valence electrons. The molecule has 0 aromatic heterocycles. The molecule has 1 aromatic rings. The summed E-state index contributed by atoms with van der Waals surface area (Å²) in [6, 6.07) is 9.83. The van der Waals surface area contributed by atoms with Gasteiger partial charge in [0.2, 0.25) is 0 Å². The van der Waals surface area contributed by atoms with Crippen LogP contribution in [-0.4, -0.2) is 19.1 Å². The lowest BCUT2D eigenvalue weighted by atomic mass is 10.3. The number of carbonyl (C=O) groups is 1. The Balaban J connectivity index is 2.13. The third-order valence-corrected chi connectivity index (χ3v) is 1.76. The zero-order valence-corrected chi connectivity index (χ0v) is 8.32. The number of hydrogen-bond acceptors (Lipinski definition) is 3. The number of rotatable bonds is 5. The first kappa shape index (κ1) is 10.6. The molecule has 0 unspecified atom stereocenters. The Morgan fingerprint density at radius 2 is 2.07 bits per heavy atom. The van der Waals surface area contributed by atoms with Gasteiger partial charge >= 0.3 is 5.97 Å². The first-order valence-corrected chi connectivity index (χ1v) is 4.77. The van der Waals surface area contributed by atoms with Crippen molar-refractivity contribution in [3.8, 4) is 0 Å². The van der Waals surface area contributed by atoms with Crippen molar-refractivity contribution < 1.29 is 9.53 Å². The van der Waals surface area contributed by atoms with E-state index in [2.05, 4.69) is 5.32 Å². The van der Waals surface area contributed by atoms with Crippen molar-refractivity contribution >= 4 is 11.7 Å². The Kier molecular flexibility index (Phi) is 4.55. The SMILES string of the molecule is CCC(=O)OCCNc1ccccc1. The Labute approximate surface area is 84.1 Å². The Morgan fingerprint density at radius 1 is 1.36 bits per heavy atom. The summed E-state index contributed by atoms with van der Waals surface area (Å²) in [5.41, 5.74) is 1.04. The van der Waals surface area contributed by atoms with Gasteiger partial charge in [0.25, 0.3) is 0 Å². The van der Waals surface area contributed by atoms with Gasteiger partial charge in [-0.15, -0.1) is 0 Å². The van der Waals surface area contributed by atoms with Crippen LogP contribution in [0.25, 0.3) is 0 Å². The molecule has 0 bridgehead atoms. The second-order valence-electron chi connectivity index (χ2n) is 2.87. The predicted octanol–water partition coefficient (Wildman–Crippen LogP) is 2.05. The molecule has 1 rings (SSSR count). The van der Waals surface area contributed by atoms with E-state index in [1.807, 2.05) is 30.3 Å². The summed E-state index contributed by atoms with van der Waals surface area (Å²) < 4.78 is 4.91. The molecule has 3 nitrogen and oxygen atoms in total. The zero-order chi connectivity index (χ0) is 10.2. The van der Waals surface area contributed by atoms with Crippen LogP contribution >= 0.6 is 0 Å². The fraction of sp³-hybridized carbons (Fsp3) is 0.364. The van der Waals surface area contributed by atoms with Crippen molar-refractivity contribution in [3.05, 3.63) is 30.3 Å². The van der Waals surface area contributed by atoms with Gasteiger partial charge in [-0.05, 0) is 12.1 Å². The van der Waals surface area contributed by atoms with E-state index >= 15 is 0 Å². The van der Waals surface area contributed by atoms with Crippen molar-refractivity contribution in [2.45, 2.75) is 13.3 Å². The Bertz CT molecular complexity index is 272. The lowest BCUT2D eigenvalue weighted by Crippen LogP contribution is -2.12. The van der Waals surface area contributed by atoms with Crippen LogP contribution in [0.3, 0.4) is 0 Å². The van der Waals surface area contributed by atoms with Crippen LogP contribution in [0.15, 0.2) is 30.3 Å². The highest BCUT2D eigenvalue weighted by atomic mass is 16.5. The number of ether oxygens (including phenoxy) is 1. The molecule has 0 amide bonds. The van der Waals surface area contributed by atoms with E-state index in [9.17, 15) is 4.79 Å². The molecule has 0 atom stereocenters. The topological polar surface area (TPSA) is 38.3 Å². The monoisotopic (exact) mass is 193 g/mol. The van der Waals surface area contributed by atoms with E-state index in [0.717, 1.165) is 5.69 Å². The number of nitrogens with one attached hydrogen (secondary N) is 1. The average Bonchev–Trinajstić information content (AvgIpc) is 2.25. The maximum Gasteiger partial charge on any atom is 0.305 e. The Hall–Kier alpha value is -1.51. The molecule has 0 aliphatic rings. The normalized spacial score (nSPS) is 9.50. The van der Waals surface area contributed by atoms with Crippen molar-refractivity contribution in [2.75, 3.05) is 18.5 Å². The van der Waals surface area contributed by atoms with Crippen LogP contribution in [0.5, 0.6) is 0 Å². The molecule has 0 radical (unpaired) electrons. The van der Waals surface area contributed by atoms with Crippen molar-refractivity contribution in [2.24, 2.45) is 0 Å². The molecule has 0 heterocycles. The van der Waals surface area contributed by atoms with E-state index in [1.165, 1.54) is 0 Å². The molecule has 0 saturated carbocycles. The molecule has 0 saturated heterocycles. The second-order valence-corrected chi connectivity index (χ2v) is 2.87. The van der Waals surface area contributed by atoms with Gasteiger partial charge in [-0.25, -0.2) is 0 Å². The van der Waals surface area contributed by atoms with Gasteiger partial charge in [-0.1, -0.05) is 25.1 Å². The second kappa shape index (κ2) is 6.02. The van der Waals surface area contributed by atoms with Crippen LogP contribution in [0.2, 0.25) is 0 Å². The highest BCUT2D eigenvalue weighted by Crippen LogP contribution is 2.03. The molecule has 0 aliphatic heterocycles. The highest BCUT2D eigenvalue weighted by Gasteiger charge is 1.96. The van der Waals surface area contributed by atoms with Gasteiger partial charge in [-0.2, -0.15) is 0 Å². The molecule has 0 fully saturated rings. The van der Waals surface area contributed by atoms with Gasteiger partial charge in [0.1, 0.15) is 6.61 Å². The molecular formula is C11H15NO2. The van der Waals surface area contributed by atoms with E-state index in [1.54, 1.807) is 6.92 Å². The maximum absolute atomic E-state index is 10.8. The number of carbonyl (C=O) groups excluding carboxylic acids is 1. The standard InChI is InChI=1S/C11H15NO2/c1-2-11(13)14-9-8-12-10-6-4-3-5-7-10/h3-7,12H,2,8-9H2,1H3. The van der Waals surface area contributed by atoms with Crippen molar-refractivity contribution in [1.29, 1.82) is 0 Å². The lowest BCUT2D eigenvalue weighted by Gasteiger charge is -2.06. The van der Waals surface area contributed by atoms with Crippen LogP contribution in [0, 0.1) is 0 Å². The molecule has 0 spiro atoms. The van der Waals surface area contributed by atoms with Crippen molar-refractivity contribution in [3.63, 3.8) is 0 Å². The van der Waals surface area contributed by atoms with Gasteiger partial charge in [0.05, 0.1) is 0 Å². The third-order valence-electron chi connectivity index (χ3n) is 1.76. The average molecular weight is 193 g/mol. The van der Waals surface area contributed by atoms with Crippen LogP contribution in [0.1, 0.15) is 13.3 Å². The minimum absolute atomic E-state index is 0.153. The summed E-state index contributed by atoms with van der Waals surface area (Å²) in [6.45, 7) is 2.85. The smallest absolute Gasteiger partial charge is 0.305 e. The number of hydrogen-bond donors (Lipinski definition) is 1. The molecule has 1 aromatic carbocycles. The summed E-state index contributed by atoms with van der Waals surface area (Å²) in [5.74, 6) is -0.153. The highest BCUT2D eigenvalue weighted by molar-refractivity contribution is 5.68. The Morgan fingerprint density at radius 3 is 2.71 bits per heavy atom. The minimum atomic E-state index is -0.153. The lowest BCUT2D eigenvalue weighted by molar-refractivity contribution is -0.142. The number of esters is 1. The van der Waals surface area contributed by atoms with Gasteiger partial charge in [0.15, 0.2) is 0 Å².